The fourth-order valence-electron chi connectivity index (χ4n) is 2.01. The molecule has 0 radical (unpaired) electrons. The monoisotopic (exact) mass is 394 g/mol. The highest BCUT2D eigenvalue weighted by atomic mass is 32.2. The maximum absolute atomic E-state index is 12.4. The predicted molar refractivity (Wildman–Crippen MR) is 94.1 cm³/mol. The van der Waals surface area contributed by atoms with Crippen LogP contribution in [-0.4, -0.2) is 22.7 Å². The van der Waals surface area contributed by atoms with E-state index in [2.05, 4.69) is 5.32 Å². The van der Waals surface area contributed by atoms with Gasteiger partial charge in [0, 0.05) is 10.6 Å². The number of nitrogens with zero attached hydrogens (tertiary/aromatic N) is 1. The summed E-state index contributed by atoms with van der Waals surface area (Å²) in [6.45, 7) is 0. The van der Waals surface area contributed by atoms with Gasteiger partial charge in [0.05, 0.1) is 7.11 Å². The van der Waals surface area contributed by atoms with Crippen LogP contribution in [0.4, 0.5) is 18.9 Å². The minimum absolute atomic E-state index is 0.166. The van der Waals surface area contributed by atoms with Gasteiger partial charge in [-0.15, -0.1) is 0 Å². The maximum atomic E-state index is 12.4. The summed E-state index contributed by atoms with van der Waals surface area (Å²) in [6.07, 6.45) is 1.36. The number of amides is 1. The van der Waals surface area contributed by atoms with Crippen molar-refractivity contribution in [1.82, 2.24) is 0 Å². The Labute approximate surface area is 155 Å². The average molecular weight is 394 g/mol. The Morgan fingerprint density at radius 2 is 1.74 bits per heavy atom. The number of hydrogen-bond donors (Lipinski definition) is 1. The molecule has 1 atom stereocenters. The number of carbonyl (C=O) groups is 1. The van der Waals surface area contributed by atoms with Gasteiger partial charge in [-0.1, -0.05) is 12.1 Å². The number of methoxy groups -OCH3 is 1. The molecule has 0 aliphatic heterocycles. The van der Waals surface area contributed by atoms with Crippen molar-refractivity contribution in [1.29, 1.82) is 5.26 Å². The summed E-state index contributed by atoms with van der Waals surface area (Å²) in [4.78, 5) is 11.7. The van der Waals surface area contributed by atoms with Crippen LogP contribution < -0.4 is 10.1 Å². The average Bonchev–Trinajstić information content (AvgIpc) is 2.65. The second-order valence-corrected chi connectivity index (χ2v) is 6.61. The van der Waals surface area contributed by atoms with E-state index in [1.165, 1.54) is 25.3 Å². The quantitative estimate of drug-likeness (QED) is 0.617. The largest absolute Gasteiger partial charge is 0.497 e. The van der Waals surface area contributed by atoms with Gasteiger partial charge in [-0.05, 0) is 48.0 Å². The Kier molecular flexibility index (Phi) is 6.36. The fourth-order valence-corrected chi connectivity index (χ4v) is 2.66. The summed E-state index contributed by atoms with van der Waals surface area (Å²) in [5, 5.41) is 11.6. The molecular formula is C18H13F3N2O3S. The Morgan fingerprint density at radius 1 is 1.15 bits per heavy atom. The van der Waals surface area contributed by atoms with Crippen molar-refractivity contribution in [2.24, 2.45) is 0 Å². The fraction of sp³-hybridized carbons (Fsp3) is 0.111. The summed E-state index contributed by atoms with van der Waals surface area (Å²) in [7, 11) is -1.64. The zero-order valence-electron chi connectivity index (χ0n) is 13.9. The molecule has 0 aliphatic carbocycles. The first kappa shape index (κ1) is 20.2. The molecule has 1 unspecified atom stereocenters. The van der Waals surface area contributed by atoms with E-state index in [0.717, 1.165) is 12.1 Å². The molecule has 0 fully saturated rings. The van der Waals surface area contributed by atoms with Crippen molar-refractivity contribution < 1.29 is 26.9 Å². The highest BCUT2D eigenvalue weighted by Gasteiger charge is 2.37. The second-order valence-electron chi connectivity index (χ2n) is 5.14. The Balaban J connectivity index is 2.13. The molecule has 0 saturated carbocycles. The predicted octanol–water partition coefficient (Wildman–Crippen LogP) is 3.87. The number of carbonyl (C=O) groups excluding carboxylic acids is 1. The van der Waals surface area contributed by atoms with E-state index in [1.54, 1.807) is 30.3 Å². The van der Waals surface area contributed by atoms with E-state index in [-0.39, 0.29) is 11.3 Å². The van der Waals surface area contributed by atoms with Crippen LogP contribution in [0.25, 0.3) is 6.08 Å². The van der Waals surface area contributed by atoms with Gasteiger partial charge in [-0.2, -0.15) is 18.4 Å². The molecule has 0 aliphatic rings. The molecule has 1 amide bonds. The Morgan fingerprint density at radius 3 is 2.22 bits per heavy atom. The lowest BCUT2D eigenvalue weighted by Crippen LogP contribution is -2.16. The number of rotatable bonds is 5. The van der Waals surface area contributed by atoms with Crippen molar-refractivity contribution in [2.75, 3.05) is 12.4 Å². The first-order valence-electron chi connectivity index (χ1n) is 7.40. The maximum Gasteiger partial charge on any atom is 0.475 e. The van der Waals surface area contributed by atoms with Crippen molar-refractivity contribution >= 4 is 28.5 Å². The number of halogens is 3. The number of nitriles is 1. The van der Waals surface area contributed by atoms with Crippen LogP contribution >= 0.6 is 0 Å². The molecule has 0 bridgehead atoms. The van der Waals surface area contributed by atoms with Crippen LogP contribution in [0, 0.1) is 11.3 Å². The first-order valence-corrected chi connectivity index (χ1v) is 8.55. The van der Waals surface area contributed by atoms with Gasteiger partial charge in [-0.25, -0.2) is 4.21 Å². The van der Waals surface area contributed by atoms with Crippen molar-refractivity contribution in [3.05, 3.63) is 59.7 Å². The normalized spacial score (nSPS) is 12.8. The van der Waals surface area contributed by atoms with Crippen LogP contribution in [0.15, 0.2) is 59.0 Å². The van der Waals surface area contributed by atoms with Crippen molar-refractivity contribution in [2.45, 2.75) is 10.4 Å². The van der Waals surface area contributed by atoms with E-state index < -0.39 is 27.1 Å². The van der Waals surface area contributed by atoms with E-state index in [9.17, 15) is 27.4 Å². The first-order chi connectivity index (χ1) is 12.7. The highest BCUT2D eigenvalue weighted by Crippen LogP contribution is 2.27. The summed E-state index contributed by atoms with van der Waals surface area (Å²) in [6, 6.07) is 12.8. The molecule has 0 spiro atoms. The molecule has 0 heterocycles. The molecule has 0 saturated heterocycles. The van der Waals surface area contributed by atoms with Crippen LogP contribution in [0.1, 0.15) is 5.56 Å². The van der Waals surface area contributed by atoms with Crippen LogP contribution in [-0.2, 0) is 15.6 Å². The lowest BCUT2D eigenvalue weighted by Gasteiger charge is -2.08. The van der Waals surface area contributed by atoms with Gasteiger partial charge in [0.15, 0.2) is 10.8 Å². The van der Waals surface area contributed by atoms with Gasteiger partial charge in [0.2, 0.25) is 0 Å². The standard InChI is InChI=1S/C18H13F3N2O3S/c1-26-15-6-2-12(3-7-15)10-13(11-22)17(24)23-14-4-8-16(9-5-14)27(25)18(19,20)21/h2-10H,1H3,(H,23,24). The number of ether oxygens (including phenoxy) is 1. The van der Waals surface area contributed by atoms with Crippen molar-refractivity contribution in [3.8, 4) is 11.8 Å². The van der Waals surface area contributed by atoms with Crippen LogP contribution in [0.2, 0.25) is 0 Å². The Hall–Kier alpha value is -3.12. The third kappa shape index (κ3) is 5.43. The minimum Gasteiger partial charge on any atom is -0.497 e. The number of benzene rings is 2. The van der Waals surface area contributed by atoms with Gasteiger partial charge in [-0.3, -0.25) is 4.79 Å². The lowest BCUT2D eigenvalue weighted by molar-refractivity contribution is -0.112. The third-order valence-electron chi connectivity index (χ3n) is 3.33. The molecule has 2 rings (SSSR count). The second kappa shape index (κ2) is 8.51. The zero-order chi connectivity index (χ0) is 20.0. The van der Waals surface area contributed by atoms with Gasteiger partial charge in [0.25, 0.3) is 5.91 Å². The summed E-state index contributed by atoms with van der Waals surface area (Å²) < 4.78 is 53.5. The van der Waals surface area contributed by atoms with E-state index in [0.29, 0.717) is 11.3 Å². The van der Waals surface area contributed by atoms with E-state index in [1.807, 2.05) is 0 Å². The summed E-state index contributed by atoms with van der Waals surface area (Å²) in [5.41, 5.74) is -4.29. The molecule has 1 N–H and O–H groups in total. The number of nitrogens with one attached hydrogen (secondary N) is 1. The summed E-state index contributed by atoms with van der Waals surface area (Å²) >= 11 is 0. The van der Waals surface area contributed by atoms with Gasteiger partial charge >= 0.3 is 5.51 Å². The number of anilines is 1. The van der Waals surface area contributed by atoms with Gasteiger partial charge in [0.1, 0.15) is 17.4 Å². The smallest absolute Gasteiger partial charge is 0.475 e. The minimum atomic E-state index is -4.86. The molecule has 5 nitrogen and oxygen atoms in total. The van der Waals surface area contributed by atoms with E-state index in [4.69, 9.17) is 4.74 Å². The number of alkyl halides is 3. The molecule has 0 aromatic heterocycles. The molecule has 27 heavy (non-hydrogen) atoms. The topological polar surface area (TPSA) is 79.2 Å². The Bertz CT molecular complexity index is 915. The van der Waals surface area contributed by atoms with Crippen LogP contribution in [0.5, 0.6) is 5.75 Å². The van der Waals surface area contributed by atoms with Crippen molar-refractivity contribution in [3.63, 3.8) is 0 Å². The molecule has 2 aromatic carbocycles. The molecule has 140 valence electrons. The van der Waals surface area contributed by atoms with Crippen LogP contribution in [0.3, 0.4) is 0 Å². The molecule has 9 heteroatoms. The zero-order valence-corrected chi connectivity index (χ0v) is 14.7. The van der Waals surface area contributed by atoms with E-state index >= 15 is 0 Å². The number of hydrogen-bond acceptors (Lipinski definition) is 4. The SMILES string of the molecule is COc1ccc(C=C(C#N)C(=O)Nc2ccc(S(=O)C(F)(F)F)cc2)cc1. The molecule has 2 aromatic rings. The summed E-state index contributed by atoms with van der Waals surface area (Å²) in [5.74, 6) is -0.107. The lowest BCUT2D eigenvalue weighted by atomic mass is 10.1. The third-order valence-corrected chi connectivity index (χ3v) is 4.45. The highest BCUT2D eigenvalue weighted by molar-refractivity contribution is 7.86. The van der Waals surface area contributed by atoms with Gasteiger partial charge < -0.3 is 10.1 Å². The molecular weight excluding hydrogens is 381 g/mol.